The fourth-order valence-corrected chi connectivity index (χ4v) is 3.55. The van der Waals surface area contributed by atoms with Crippen LogP contribution in [0.25, 0.3) is 0 Å². The first-order valence-corrected chi connectivity index (χ1v) is 10.1. The van der Waals surface area contributed by atoms with Crippen LogP contribution in [0, 0.1) is 0 Å². The van der Waals surface area contributed by atoms with Crippen LogP contribution in [0.3, 0.4) is 0 Å². The molecule has 0 unspecified atom stereocenters. The van der Waals surface area contributed by atoms with Gasteiger partial charge in [0.2, 0.25) is 0 Å². The lowest BCUT2D eigenvalue weighted by Crippen LogP contribution is -2.16. The summed E-state index contributed by atoms with van der Waals surface area (Å²) in [6.07, 6.45) is -4.67. The number of alkyl halides is 3. The molecule has 0 fully saturated rings. The van der Waals surface area contributed by atoms with Crippen molar-refractivity contribution in [2.45, 2.75) is 6.18 Å². The molecule has 9 heteroatoms. The lowest BCUT2D eigenvalue weighted by Gasteiger charge is -2.14. The van der Waals surface area contributed by atoms with Gasteiger partial charge in [0.15, 0.2) is 0 Å². The minimum Gasteiger partial charge on any atom is -0.322 e. The highest BCUT2D eigenvalue weighted by atomic mass is 79.9. The van der Waals surface area contributed by atoms with E-state index in [1.54, 1.807) is 36.4 Å². The molecule has 0 radical (unpaired) electrons. The SMILES string of the molecule is O=C(Nc1cc(NC(=O)c2ccccc2Br)cc(C(F)(F)F)c1)c1ccccc1Br. The van der Waals surface area contributed by atoms with Crippen molar-refractivity contribution in [3.8, 4) is 0 Å². The van der Waals surface area contributed by atoms with Gasteiger partial charge in [-0.3, -0.25) is 9.59 Å². The molecule has 3 aromatic rings. The molecule has 4 nitrogen and oxygen atoms in total. The lowest BCUT2D eigenvalue weighted by molar-refractivity contribution is -0.137. The van der Waals surface area contributed by atoms with Crippen LogP contribution in [0.4, 0.5) is 24.5 Å². The molecule has 3 rings (SSSR count). The number of benzene rings is 3. The van der Waals surface area contributed by atoms with Gasteiger partial charge in [-0.05, 0) is 74.3 Å². The van der Waals surface area contributed by atoms with E-state index in [1.807, 2.05) is 0 Å². The Morgan fingerprint density at radius 1 is 0.700 bits per heavy atom. The number of hydrogen-bond donors (Lipinski definition) is 2. The summed E-state index contributed by atoms with van der Waals surface area (Å²) < 4.78 is 41.1. The number of amides is 2. The number of carbonyl (C=O) groups excluding carboxylic acids is 2. The number of rotatable bonds is 4. The summed E-state index contributed by atoms with van der Waals surface area (Å²) in [7, 11) is 0. The van der Waals surface area contributed by atoms with E-state index in [4.69, 9.17) is 0 Å². The first-order chi connectivity index (χ1) is 14.1. The van der Waals surface area contributed by atoms with Crippen molar-refractivity contribution in [1.29, 1.82) is 0 Å². The number of nitrogens with one attached hydrogen (secondary N) is 2. The molecule has 0 heterocycles. The van der Waals surface area contributed by atoms with E-state index >= 15 is 0 Å². The molecular weight excluding hydrogens is 529 g/mol. The van der Waals surface area contributed by atoms with Crippen LogP contribution in [0.1, 0.15) is 26.3 Å². The molecule has 154 valence electrons. The summed E-state index contributed by atoms with van der Waals surface area (Å²) in [5, 5.41) is 4.89. The summed E-state index contributed by atoms with van der Waals surface area (Å²) in [5.41, 5.74) is -0.696. The predicted molar refractivity (Wildman–Crippen MR) is 116 cm³/mol. The van der Waals surface area contributed by atoms with E-state index in [-0.39, 0.29) is 22.5 Å². The summed E-state index contributed by atoms with van der Waals surface area (Å²) in [5.74, 6) is -1.19. The van der Waals surface area contributed by atoms with Crippen LogP contribution in [-0.2, 0) is 6.18 Å². The van der Waals surface area contributed by atoms with Crippen molar-refractivity contribution >= 4 is 55.0 Å². The highest BCUT2D eigenvalue weighted by Gasteiger charge is 2.31. The standard InChI is InChI=1S/C21H13Br2F3N2O2/c22-17-7-3-1-5-15(17)19(29)27-13-9-12(21(24,25)26)10-14(11-13)28-20(30)16-6-2-4-8-18(16)23/h1-11H,(H,27,29)(H,28,30). The van der Waals surface area contributed by atoms with Crippen molar-refractivity contribution in [2.75, 3.05) is 10.6 Å². The number of carbonyl (C=O) groups is 2. The summed E-state index contributed by atoms with van der Waals surface area (Å²) in [6.45, 7) is 0. The first kappa shape index (κ1) is 22.0. The Hall–Kier alpha value is -2.65. The van der Waals surface area contributed by atoms with Crippen molar-refractivity contribution in [2.24, 2.45) is 0 Å². The minimum absolute atomic E-state index is 0.104. The maximum Gasteiger partial charge on any atom is 0.416 e. The molecule has 2 N–H and O–H groups in total. The van der Waals surface area contributed by atoms with Crippen molar-refractivity contribution in [3.05, 3.63) is 92.4 Å². The molecule has 0 spiro atoms. The second kappa shape index (κ2) is 9.01. The van der Waals surface area contributed by atoms with Crippen LogP contribution < -0.4 is 10.6 Å². The van der Waals surface area contributed by atoms with E-state index in [2.05, 4.69) is 42.5 Å². The summed E-state index contributed by atoms with van der Waals surface area (Å²) in [6, 6.07) is 15.9. The van der Waals surface area contributed by atoms with Crippen LogP contribution >= 0.6 is 31.9 Å². The van der Waals surface area contributed by atoms with Crippen LogP contribution in [0.2, 0.25) is 0 Å². The Balaban J connectivity index is 1.93. The molecule has 0 aromatic heterocycles. The minimum atomic E-state index is -4.67. The molecule has 30 heavy (non-hydrogen) atoms. The molecular formula is C21H13Br2F3N2O2. The van der Waals surface area contributed by atoms with Crippen LogP contribution in [0.15, 0.2) is 75.7 Å². The second-order valence-corrected chi connectivity index (χ2v) is 7.87. The average Bonchev–Trinajstić information content (AvgIpc) is 2.67. The molecule has 2 amide bonds. The Labute approximate surface area is 186 Å². The fraction of sp³-hybridized carbons (Fsp3) is 0.0476. The monoisotopic (exact) mass is 540 g/mol. The average molecular weight is 542 g/mol. The third-order valence-corrected chi connectivity index (χ3v) is 5.40. The highest BCUT2D eigenvalue weighted by molar-refractivity contribution is 9.10. The Kier molecular flexibility index (Phi) is 6.62. The van der Waals surface area contributed by atoms with Gasteiger partial charge in [-0.2, -0.15) is 13.2 Å². The van der Waals surface area contributed by atoms with E-state index < -0.39 is 23.6 Å². The Bertz CT molecular complexity index is 1040. The van der Waals surface area contributed by atoms with Crippen molar-refractivity contribution in [3.63, 3.8) is 0 Å². The Morgan fingerprint density at radius 2 is 1.10 bits per heavy atom. The van der Waals surface area contributed by atoms with Crippen LogP contribution in [0.5, 0.6) is 0 Å². The molecule has 0 saturated heterocycles. The van der Waals surface area contributed by atoms with Gasteiger partial charge in [0, 0.05) is 20.3 Å². The van der Waals surface area contributed by atoms with Crippen molar-refractivity contribution < 1.29 is 22.8 Å². The van der Waals surface area contributed by atoms with Gasteiger partial charge in [0.25, 0.3) is 11.8 Å². The van der Waals surface area contributed by atoms with Gasteiger partial charge in [0.1, 0.15) is 0 Å². The van der Waals surface area contributed by atoms with E-state index in [9.17, 15) is 22.8 Å². The van der Waals surface area contributed by atoms with Gasteiger partial charge in [0.05, 0.1) is 16.7 Å². The van der Waals surface area contributed by atoms with E-state index in [0.717, 1.165) is 12.1 Å². The third-order valence-electron chi connectivity index (χ3n) is 4.01. The fourth-order valence-electron chi connectivity index (χ4n) is 2.62. The smallest absolute Gasteiger partial charge is 0.322 e. The largest absolute Gasteiger partial charge is 0.416 e. The van der Waals surface area contributed by atoms with Gasteiger partial charge < -0.3 is 10.6 Å². The molecule has 0 aliphatic heterocycles. The second-order valence-electron chi connectivity index (χ2n) is 6.16. The molecule has 3 aromatic carbocycles. The molecule has 0 aliphatic carbocycles. The topological polar surface area (TPSA) is 58.2 Å². The molecule has 0 aliphatic rings. The number of anilines is 2. The van der Waals surface area contributed by atoms with Gasteiger partial charge in [-0.1, -0.05) is 24.3 Å². The Morgan fingerprint density at radius 3 is 1.47 bits per heavy atom. The molecule has 0 bridgehead atoms. The first-order valence-electron chi connectivity index (χ1n) is 8.49. The van der Waals surface area contributed by atoms with E-state index in [0.29, 0.717) is 8.95 Å². The highest BCUT2D eigenvalue weighted by Crippen LogP contribution is 2.34. The predicted octanol–water partition coefficient (Wildman–Crippen LogP) is 6.74. The van der Waals surface area contributed by atoms with Gasteiger partial charge >= 0.3 is 6.18 Å². The molecule has 0 atom stereocenters. The van der Waals surface area contributed by atoms with Gasteiger partial charge in [-0.15, -0.1) is 0 Å². The normalized spacial score (nSPS) is 11.1. The number of halogens is 5. The van der Waals surface area contributed by atoms with Crippen molar-refractivity contribution in [1.82, 2.24) is 0 Å². The van der Waals surface area contributed by atoms with Gasteiger partial charge in [-0.25, -0.2) is 0 Å². The summed E-state index contributed by atoms with van der Waals surface area (Å²) in [4.78, 5) is 25.0. The number of hydrogen-bond acceptors (Lipinski definition) is 2. The maximum absolute atomic E-state index is 13.4. The zero-order valence-corrected chi connectivity index (χ0v) is 18.2. The summed E-state index contributed by atoms with van der Waals surface area (Å²) >= 11 is 6.47. The lowest BCUT2D eigenvalue weighted by atomic mass is 10.1. The molecule has 0 saturated carbocycles. The van der Waals surface area contributed by atoms with Crippen LogP contribution in [-0.4, -0.2) is 11.8 Å². The quantitative estimate of drug-likeness (QED) is 0.384. The van der Waals surface area contributed by atoms with E-state index in [1.165, 1.54) is 18.2 Å². The third kappa shape index (κ3) is 5.28. The zero-order chi connectivity index (χ0) is 21.9. The maximum atomic E-state index is 13.4. The zero-order valence-electron chi connectivity index (χ0n) is 15.1.